The van der Waals surface area contributed by atoms with E-state index in [1.165, 1.54) is 53.5 Å². The molecule has 37 heavy (non-hydrogen) atoms. The zero-order valence-corrected chi connectivity index (χ0v) is 25.8. The molecule has 0 aliphatic heterocycles. The van der Waals surface area contributed by atoms with E-state index in [2.05, 4.69) is 129 Å². The third kappa shape index (κ3) is 14.1. The van der Waals surface area contributed by atoms with Crippen LogP contribution in [-0.4, -0.2) is 0 Å². The second-order valence-corrected chi connectivity index (χ2v) is 11.0. The van der Waals surface area contributed by atoms with E-state index in [9.17, 15) is 0 Å². The first-order chi connectivity index (χ1) is 17.5. The molecule has 2 unspecified atom stereocenters. The van der Waals surface area contributed by atoms with Crippen LogP contribution >= 0.6 is 0 Å². The zero-order chi connectivity index (χ0) is 28.4. The molecule has 0 N–H and O–H groups in total. The van der Waals surface area contributed by atoms with Crippen molar-refractivity contribution in [3.63, 3.8) is 0 Å². The molecule has 0 saturated heterocycles. The summed E-state index contributed by atoms with van der Waals surface area (Å²) in [6.45, 7) is 30.0. The third-order valence-electron chi connectivity index (χ3n) is 6.41. The number of allylic oxidation sites excluding steroid dienone is 12. The van der Waals surface area contributed by atoms with Gasteiger partial charge in [0.2, 0.25) is 0 Å². The second-order valence-electron chi connectivity index (χ2n) is 11.0. The van der Waals surface area contributed by atoms with Crippen molar-refractivity contribution in [2.75, 3.05) is 0 Å². The van der Waals surface area contributed by atoms with Crippen molar-refractivity contribution in [3.05, 3.63) is 108 Å². The van der Waals surface area contributed by atoms with Crippen LogP contribution in [0, 0.1) is 24.2 Å². The summed E-state index contributed by atoms with van der Waals surface area (Å²) in [4.78, 5) is 0. The first kappa shape index (κ1) is 34.4. The average Bonchev–Trinajstić information content (AvgIpc) is 2.85. The Morgan fingerprint density at radius 2 is 1.54 bits per heavy atom. The van der Waals surface area contributed by atoms with Gasteiger partial charge in [-0.1, -0.05) is 155 Å². The van der Waals surface area contributed by atoms with E-state index < -0.39 is 0 Å². The van der Waals surface area contributed by atoms with Crippen molar-refractivity contribution in [1.82, 2.24) is 0 Å². The van der Waals surface area contributed by atoms with Gasteiger partial charge in [-0.2, -0.15) is 0 Å². The van der Waals surface area contributed by atoms with E-state index in [1.807, 2.05) is 26.0 Å². The van der Waals surface area contributed by atoms with E-state index in [-0.39, 0.29) is 5.41 Å². The van der Waals surface area contributed by atoms with Crippen molar-refractivity contribution < 1.29 is 0 Å². The van der Waals surface area contributed by atoms with E-state index in [1.54, 1.807) is 0 Å². The normalized spacial score (nSPS) is 14.6. The predicted octanol–water partition coefficient (Wildman–Crippen LogP) is 12.1. The van der Waals surface area contributed by atoms with E-state index in [4.69, 9.17) is 0 Å². The van der Waals surface area contributed by atoms with Crippen LogP contribution in [0.2, 0.25) is 0 Å². The summed E-state index contributed by atoms with van der Waals surface area (Å²) in [5.74, 6) is 1.36. The van der Waals surface area contributed by atoms with Gasteiger partial charge in [0, 0.05) is 0 Å². The summed E-state index contributed by atoms with van der Waals surface area (Å²) in [5, 5.41) is 0. The fraction of sp³-hybridized carbons (Fsp3) is 0.459. The standard InChI is InChI=1S/C35H50.C2H6/c1-11-14-15-18-31(22-21-28(5)20-19-27(4)16-12-2)33-23-29(6)24-34(26-33)32(17-13-3)25-30(7)35(8,9)10;1-2/h11,13-15,17-18,21-28H,1,7,12,16,19-20H2,2-6,8-10H3;1-2H3/b15-14+,17-13-,22-21-,31-18+,32-25+;. The van der Waals surface area contributed by atoms with E-state index >= 15 is 0 Å². The van der Waals surface area contributed by atoms with Gasteiger partial charge in [-0.05, 0) is 77.0 Å². The number of aryl methyl sites for hydroxylation is 1. The lowest BCUT2D eigenvalue weighted by Crippen LogP contribution is -2.06. The van der Waals surface area contributed by atoms with E-state index in [0.29, 0.717) is 5.92 Å². The molecule has 0 amide bonds. The van der Waals surface area contributed by atoms with Gasteiger partial charge in [-0.25, -0.2) is 0 Å². The first-order valence-corrected chi connectivity index (χ1v) is 14.4. The molecule has 0 bridgehead atoms. The monoisotopic (exact) mass is 500 g/mol. The van der Waals surface area contributed by atoms with Crippen LogP contribution in [0.3, 0.4) is 0 Å². The van der Waals surface area contributed by atoms with Gasteiger partial charge in [0.15, 0.2) is 0 Å². The minimum atomic E-state index is 0.0353. The molecular weight excluding hydrogens is 444 g/mol. The zero-order valence-electron chi connectivity index (χ0n) is 25.8. The fourth-order valence-electron chi connectivity index (χ4n) is 3.96. The van der Waals surface area contributed by atoms with Gasteiger partial charge in [-0.15, -0.1) is 0 Å². The number of rotatable bonds is 13. The minimum absolute atomic E-state index is 0.0353. The Morgan fingerprint density at radius 3 is 2.08 bits per heavy atom. The van der Waals surface area contributed by atoms with Crippen LogP contribution < -0.4 is 0 Å². The van der Waals surface area contributed by atoms with Crippen molar-refractivity contribution in [2.24, 2.45) is 17.3 Å². The molecule has 0 fully saturated rings. The molecule has 0 nitrogen and oxygen atoms in total. The number of benzene rings is 1. The Hall–Kier alpha value is -2.60. The highest BCUT2D eigenvalue weighted by atomic mass is 14.2. The van der Waals surface area contributed by atoms with Gasteiger partial charge in [0.1, 0.15) is 0 Å². The topological polar surface area (TPSA) is 0 Å². The van der Waals surface area contributed by atoms with Crippen molar-refractivity contribution in [1.29, 1.82) is 0 Å². The number of hydrogen-bond donors (Lipinski definition) is 0. The van der Waals surface area contributed by atoms with Crippen LogP contribution in [-0.2, 0) is 0 Å². The lowest BCUT2D eigenvalue weighted by molar-refractivity contribution is 0.440. The Labute approximate surface area is 231 Å². The van der Waals surface area contributed by atoms with Crippen molar-refractivity contribution >= 4 is 11.1 Å². The van der Waals surface area contributed by atoms with Crippen LogP contribution in [0.25, 0.3) is 11.1 Å². The highest BCUT2D eigenvalue weighted by Crippen LogP contribution is 2.31. The maximum Gasteiger partial charge on any atom is -0.0137 e. The molecule has 0 radical (unpaired) electrons. The molecule has 1 aromatic rings. The smallest absolute Gasteiger partial charge is 0.0137 e. The second kappa shape index (κ2) is 18.6. The molecule has 2 atom stereocenters. The summed E-state index contributed by atoms with van der Waals surface area (Å²) < 4.78 is 0. The largest absolute Gasteiger partial charge is 0.0991 e. The first-order valence-electron chi connectivity index (χ1n) is 14.4. The van der Waals surface area contributed by atoms with Crippen LogP contribution in [0.1, 0.15) is 105 Å². The average molecular weight is 501 g/mol. The molecule has 0 aromatic heterocycles. The molecule has 1 rings (SSSR count). The summed E-state index contributed by atoms with van der Waals surface area (Å²) in [6.07, 6.45) is 24.4. The van der Waals surface area contributed by atoms with Crippen LogP contribution in [0.5, 0.6) is 0 Å². The third-order valence-corrected chi connectivity index (χ3v) is 6.41. The fourth-order valence-corrected chi connectivity index (χ4v) is 3.96. The maximum atomic E-state index is 4.34. The van der Waals surface area contributed by atoms with Crippen LogP contribution in [0.4, 0.5) is 0 Å². The highest BCUT2D eigenvalue weighted by Gasteiger charge is 2.14. The van der Waals surface area contributed by atoms with Gasteiger partial charge in [0.05, 0.1) is 0 Å². The maximum absolute atomic E-state index is 4.34. The predicted molar refractivity (Wildman–Crippen MR) is 173 cm³/mol. The molecule has 0 spiro atoms. The Kier molecular flexibility index (Phi) is 17.3. The lowest BCUT2D eigenvalue weighted by atomic mass is 9.85. The molecular formula is C37H56. The SMILES string of the molecule is C=C/C=C/C=C(\C=C/C(C)CCC(C)CCC)c1cc(C)cc(C(/C=C\C)=C/C(=C)C(C)(C)C)c1.CC. The lowest BCUT2D eigenvalue weighted by Gasteiger charge is -2.20. The molecule has 0 saturated carbocycles. The minimum Gasteiger partial charge on any atom is -0.0991 e. The molecule has 0 aliphatic carbocycles. The molecule has 0 heteroatoms. The summed E-state index contributed by atoms with van der Waals surface area (Å²) in [7, 11) is 0. The Bertz CT molecular complexity index is 966. The van der Waals surface area contributed by atoms with Gasteiger partial charge >= 0.3 is 0 Å². The summed E-state index contributed by atoms with van der Waals surface area (Å²) in [5.41, 5.74) is 7.28. The molecule has 204 valence electrons. The van der Waals surface area contributed by atoms with Crippen molar-refractivity contribution in [2.45, 2.75) is 94.9 Å². The van der Waals surface area contributed by atoms with Gasteiger partial charge in [0.25, 0.3) is 0 Å². The Balaban J connectivity index is 0.00000631. The Morgan fingerprint density at radius 1 is 0.919 bits per heavy atom. The van der Waals surface area contributed by atoms with E-state index in [0.717, 1.165) is 11.5 Å². The summed E-state index contributed by atoms with van der Waals surface area (Å²) in [6, 6.07) is 6.85. The quantitative estimate of drug-likeness (QED) is 0.236. The molecule has 0 heterocycles. The molecule has 0 aliphatic rings. The highest BCUT2D eigenvalue weighted by molar-refractivity contribution is 5.82. The number of hydrogen-bond acceptors (Lipinski definition) is 0. The van der Waals surface area contributed by atoms with Crippen LogP contribution in [0.15, 0.2) is 91.6 Å². The summed E-state index contributed by atoms with van der Waals surface area (Å²) >= 11 is 0. The molecule has 1 aromatic carbocycles. The van der Waals surface area contributed by atoms with Gasteiger partial charge in [-0.3, -0.25) is 0 Å². The van der Waals surface area contributed by atoms with Gasteiger partial charge < -0.3 is 0 Å². The van der Waals surface area contributed by atoms with Crippen molar-refractivity contribution in [3.8, 4) is 0 Å².